The van der Waals surface area contributed by atoms with Crippen LogP contribution in [0.4, 0.5) is 11.4 Å². The van der Waals surface area contributed by atoms with Gasteiger partial charge in [-0.05, 0) is 80.4 Å². The first kappa shape index (κ1) is 43.0. The monoisotopic (exact) mass is 972 g/mol. The van der Waals surface area contributed by atoms with E-state index in [4.69, 9.17) is 9.72 Å². The molecule has 0 spiro atoms. The summed E-state index contributed by atoms with van der Waals surface area (Å²) in [5.74, 6) is 2.12. The van der Waals surface area contributed by atoms with Crippen molar-refractivity contribution in [3.8, 4) is 28.4 Å². The number of allylic oxidation sites excluding steroid dienone is 1. The van der Waals surface area contributed by atoms with Crippen molar-refractivity contribution in [2.75, 3.05) is 9.80 Å². The fraction of sp³-hybridized carbons (Fsp3) is 0.296. The zero-order valence-electron chi connectivity index (χ0n) is 37.1. The molecule has 8 rings (SSSR count). The molecule has 0 atom stereocenters. The largest absolute Gasteiger partial charge is 0.509 e. The number of hydrogen-bond acceptors (Lipinski definition) is 4. The molecule has 5 aromatic carbocycles. The van der Waals surface area contributed by atoms with Gasteiger partial charge in [0.2, 0.25) is 0 Å². The van der Waals surface area contributed by atoms with E-state index in [-0.39, 0.29) is 42.7 Å². The van der Waals surface area contributed by atoms with Gasteiger partial charge in [-0.1, -0.05) is 143 Å². The summed E-state index contributed by atoms with van der Waals surface area (Å²) in [6.45, 7) is 29.3. The van der Waals surface area contributed by atoms with Gasteiger partial charge in [0.05, 0.1) is 0 Å². The standard InChI is InChI=1S/C54H57N4O.Pt/c1-51(2,3)38-24-25-55-50(31-38)58-47-21-17-16-20-45(47)46-23-22-43(33-48(46)58)59-44-30-40(53(7,8)9)29-42(32-44)57-35-56(34-49(57)54(10,11)12)41-27-37(36-18-14-13-15-19-36)26-39(28-41)52(4,5)6;/h13-31,34-35H,1-12H3;/q-3;. The minimum absolute atomic E-state index is 0. The van der Waals surface area contributed by atoms with E-state index in [0.717, 1.165) is 50.3 Å². The second-order valence-electron chi connectivity index (χ2n) is 20.1. The van der Waals surface area contributed by atoms with Crippen molar-refractivity contribution >= 4 is 33.2 Å². The van der Waals surface area contributed by atoms with Gasteiger partial charge in [0.25, 0.3) is 0 Å². The molecule has 0 radical (unpaired) electrons. The molecule has 1 aliphatic rings. The summed E-state index contributed by atoms with van der Waals surface area (Å²) in [6.07, 6.45) is 4.18. The van der Waals surface area contributed by atoms with Gasteiger partial charge in [-0.25, -0.2) is 4.98 Å². The van der Waals surface area contributed by atoms with Crippen LogP contribution in [0, 0.1) is 24.2 Å². The summed E-state index contributed by atoms with van der Waals surface area (Å²) in [7, 11) is 0. The van der Waals surface area contributed by atoms with E-state index in [0.29, 0.717) is 11.5 Å². The Morgan fingerprint density at radius 2 is 1.23 bits per heavy atom. The SMILES string of the molecule is CC(C)(C)C1=CN(c2cc(-c3ccccc3)cc(C(C)(C)C)c2)[CH-]N1c1[c-]c(Oc2[c-]c3c(cc2)c2ccccc2n3-c2cc(C(C)(C)C)ccn2)cc(C(C)(C)C)c1.[Pt]. The summed E-state index contributed by atoms with van der Waals surface area (Å²) >= 11 is 0. The number of fused-ring (bicyclic) bond motifs is 3. The summed E-state index contributed by atoms with van der Waals surface area (Å²) < 4.78 is 9.03. The van der Waals surface area contributed by atoms with Crippen molar-refractivity contribution in [3.05, 3.63) is 163 Å². The zero-order chi connectivity index (χ0) is 42.1. The second-order valence-corrected chi connectivity index (χ2v) is 20.1. The first-order valence-electron chi connectivity index (χ1n) is 20.8. The molecule has 0 fully saturated rings. The minimum Gasteiger partial charge on any atom is -0.509 e. The van der Waals surface area contributed by atoms with Gasteiger partial charge < -0.3 is 19.1 Å². The molecule has 0 saturated carbocycles. The Labute approximate surface area is 372 Å². The van der Waals surface area contributed by atoms with Crippen molar-refractivity contribution in [1.82, 2.24) is 9.55 Å². The molecule has 0 amide bonds. The first-order chi connectivity index (χ1) is 27.7. The summed E-state index contributed by atoms with van der Waals surface area (Å²) in [5, 5.41) is 2.25. The molecule has 3 heterocycles. The van der Waals surface area contributed by atoms with Crippen molar-refractivity contribution < 1.29 is 25.8 Å². The van der Waals surface area contributed by atoms with Crippen LogP contribution in [-0.4, -0.2) is 9.55 Å². The summed E-state index contributed by atoms with van der Waals surface area (Å²) in [4.78, 5) is 9.42. The van der Waals surface area contributed by atoms with Crippen molar-refractivity contribution in [3.63, 3.8) is 0 Å². The average molecular weight is 973 g/mol. The van der Waals surface area contributed by atoms with Crippen LogP contribution in [0.3, 0.4) is 0 Å². The van der Waals surface area contributed by atoms with Crippen LogP contribution in [0.15, 0.2) is 127 Å². The van der Waals surface area contributed by atoms with E-state index in [9.17, 15) is 0 Å². The van der Waals surface area contributed by atoms with E-state index in [1.807, 2.05) is 12.3 Å². The van der Waals surface area contributed by atoms with Gasteiger partial charge in [0.1, 0.15) is 5.82 Å². The number of benzene rings is 5. The number of rotatable bonds is 6. The van der Waals surface area contributed by atoms with E-state index < -0.39 is 0 Å². The molecular formula is C54H57N4OPt-3. The van der Waals surface area contributed by atoms with Gasteiger partial charge in [-0.3, -0.25) is 0 Å². The van der Waals surface area contributed by atoms with Crippen LogP contribution in [0.2, 0.25) is 0 Å². The topological polar surface area (TPSA) is 33.5 Å². The Balaban J connectivity index is 0.00000544. The Hall–Kier alpha value is -5.12. The molecule has 0 aliphatic carbocycles. The van der Waals surface area contributed by atoms with E-state index >= 15 is 0 Å². The summed E-state index contributed by atoms with van der Waals surface area (Å²) in [6, 6.07) is 46.3. The first-order valence-corrected chi connectivity index (χ1v) is 20.8. The third kappa shape index (κ3) is 8.57. The van der Waals surface area contributed by atoms with Crippen molar-refractivity contribution in [2.24, 2.45) is 5.41 Å². The maximum absolute atomic E-state index is 6.82. The van der Waals surface area contributed by atoms with Crippen molar-refractivity contribution in [1.29, 1.82) is 0 Å². The third-order valence-corrected chi connectivity index (χ3v) is 11.3. The maximum Gasteiger partial charge on any atom is 0.135 e. The zero-order valence-corrected chi connectivity index (χ0v) is 39.4. The Morgan fingerprint density at radius 3 is 1.92 bits per heavy atom. The smallest absolute Gasteiger partial charge is 0.135 e. The molecule has 0 N–H and O–H groups in total. The quantitative estimate of drug-likeness (QED) is 0.156. The Kier molecular flexibility index (Phi) is 11.3. The predicted molar refractivity (Wildman–Crippen MR) is 248 cm³/mol. The number of anilines is 2. The van der Waals surface area contributed by atoms with Gasteiger partial charge in [0, 0.05) is 61.1 Å². The fourth-order valence-electron chi connectivity index (χ4n) is 7.74. The Bertz CT molecular complexity index is 2720. The number of hydrogen-bond donors (Lipinski definition) is 0. The molecular weight excluding hydrogens is 916 g/mol. The predicted octanol–water partition coefficient (Wildman–Crippen LogP) is 14.5. The second kappa shape index (κ2) is 15.7. The molecule has 1 aliphatic heterocycles. The van der Waals surface area contributed by atoms with Crippen LogP contribution in [0.5, 0.6) is 11.5 Å². The third-order valence-electron chi connectivity index (χ3n) is 11.3. The fourth-order valence-corrected chi connectivity index (χ4v) is 7.74. The normalized spacial score (nSPS) is 13.8. The van der Waals surface area contributed by atoms with Crippen LogP contribution >= 0.6 is 0 Å². The van der Waals surface area contributed by atoms with Gasteiger partial charge in [0.15, 0.2) is 0 Å². The number of para-hydroxylation sites is 1. The molecule has 2 aromatic heterocycles. The molecule has 60 heavy (non-hydrogen) atoms. The number of nitrogens with zero attached hydrogens (tertiary/aromatic N) is 4. The molecule has 0 unspecified atom stereocenters. The van der Waals surface area contributed by atoms with Crippen LogP contribution in [-0.2, 0) is 37.3 Å². The van der Waals surface area contributed by atoms with Crippen LogP contribution < -0.4 is 14.5 Å². The van der Waals surface area contributed by atoms with E-state index in [2.05, 4.69) is 226 Å². The molecule has 5 nitrogen and oxygen atoms in total. The van der Waals surface area contributed by atoms with Crippen molar-refractivity contribution in [2.45, 2.75) is 99.3 Å². The average Bonchev–Trinajstić information content (AvgIpc) is 3.78. The van der Waals surface area contributed by atoms with Crippen LogP contribution in [0.1, 0.15) is 99.8 Å². The number of aromatic nitrogens is 2. The molecule has 6 heteroatoms. The molecule has 0 saturated heterocycles. The minimum atomic E-state index is -0.174. The van der Waals surface area contributed by atoms with Gasteiger partial charge >= 0.3 is 0 Å². The van der Waals surface area contributed by atoms with E-state index in [1.54, 1.807) is 0 Å². The maximum atomic E-state index is 6.82. The summed E-state index contributed by atoms with van der Waals surface area (Å²) in [5.41, 5.74) is 10.9. The molecule has 7 aromatic rings. The molecule has 0 bridgehead atoms. The molecule has 312 valence electrons. The Morgan fingerprint density at radius 1 is 0.567 bits per heavy atom. The van der Waals surface area contributed by atoms with Gasteiger partial charge in [-0.15, -0.1) is 53.6 Å². The van der Waals surface area contributed by atoms with Gasteiger partial charge in [-0.2, -0.15) is 6.07 Å². The number of ether oxygens (including phenoxy) is 1. The van der Waals surface area contributed by atoms with E-state index in [1.165, 1.54) is 22.3 Å². The van der Waals surface area contributed by atoms with Crippen LogP contribution in [0.25, 0.3) is 38.8 Å². The number of pyridine rings is 1.